The lowest BCUT2D eigenvalue weighted by molar-refractivity contribution is -0.274. The van der Waals surface area contributed by atoms with Gasteiger partial charge in [0.2, 0.25) is 0 Å². The van der Waals surface area contributed by atoms with E-state index in [0.717, 1.165) is 0 Å². The van der Waals surface area contributed by atoms with E-state index in [1.54, 1.807) is 12.4 Å². The van der Waals surface area contributed by atoms with Crippen molar-refractivity contribution < 1.29 is 23.0 Å². The van der Waals surface area contributed by atoms with E-state index in [9.17, 15) is 18.3 Å². The minimum absolute atomic E-state index is 0.0827. The Kier molecular flexibility index (Phi) is 4.64. The minimum atomic E-state index is -4.72. The van der Waals surface area contributed by atoms with Gasteiger partial charge in [0.1, 0.15) is 11.5 Å². The zero-order valence-electron chi connectivity index (χ0n) is 11.9. The summed E-state index contributed by atoms with van der Waals surface area (Å²) in [5.41, 5.74) is 1.27. The van der Waals surface area contributed by atoms with Crippen LogP contribution in [0, 0.1) is 0 Å². The number of aromatic hydroxyl groups is 1. The minimum Gasteiger partial charge on any atom is -0.506 e. The summed E-state index contributed by atoms with van der Waals surface area (Å²) in [7, 11) is 1.69. The van der Waals surface area contributed by atoms with Gasteiger partial charge < -0.3 is 9.84 Å². The molecule has 2 aromatic rings. The maximum atomic E-state index is 12.1. The van der Waals surface area contributed by atoms with Crippen molar-refractivity contribution in [2.24, 2.45) is 5.84 Å². The average molecular weight is 332 g/mol. The van der Waals surface area contributed by atoms with E-state index in [1.165, 1.54) is 40.6 Å². The van der Waals surface area contributed by atoms with Crippen LogP contribution in [0.2, 0.25) is 0 Å². The van der Waals surface area contributed by atoms with Crippen molar-refractivity contribution in [3.8, 4) is 21.9 Å². The molecule has 8 heteroatoms. The van der Waals surface area contributed by atoms with E-state index < -0.39 is 6.36 Å². The number of hydrogen-bond acceptors (Lipinski definition) is 5. The molecule has 22 heavy (non-hydrogen) atoms. The fraction of sp³-hybridized carbons (Fsp3) is 0.286. The second kappa shape index (κ2) is 6.15. The summed E-state index contributed by atoms with van der Waals surface area (Å²) in [5, 5.41) is 13.5. The molecule has 120 valence electrons. The van der Waals surface area contributed by atoms with Gasteiger partial charge in [0.15, 0.2) is 0 Å². The largest absolute Gasteiger partial charge is 0.573 e. The SMILES string of the molecule is CC(c1csc(-c2ccc(OC(F)(F)F)cc2)c1O)N(C)N. The number of rotatable bonds is 4. The normalized spacial score (nSPS) is 13.4. The van der Waals surface area contributed by atoms with E-state index in [-0.39, 0.29) is 17.5 Å². The summed E-state index contributed by atoms with van der Waals surface area (Å²) in [5.74, 6) is 5.45. The van der Waals surface area contributed by atoms with Crippen molar-refractivity contribution in [2.75, 3.05) is 7.05 Å². The Morgan fingerprint density at radius 2 is 1.86 bits per heavy atom. The van der Waals surface area contributed by atoms with Crippen LogP contribution < -0.4 is 10.6 Å². The smallest absolute Gasteiger partial charge is 0.506 e. The van der Waals surface area contributed by atoms with Crippen molar-refractivity contribution in [2.45, 2.75) is 19.3 Å². The molecule has 1 aromatic carbocycles. The molecule has 1 heterocycles. The molecule has 0 aliphatic rings. The van der Waals surface area contributed by atoms with Gasteiger partial charge in [-0.3, -0.25) is 5.84 Å². The molecule has 4 nitrogen and oxygen atoms in total. The van der Waals surface area contributed by atoms with Gasteiger partial charge in [0.25, 0.3) is 0 Å². The van der Waals surface area contributed by atoms with Crippen LogP contribution in [0.15, 0.2) is 29.6 Å². The molecule has 0 bridgehead atoms. The molecular formula is C14H15F3N2O2S. The molecule has 1 unspecified atom stereocenters. The molecule has 0 fully saturated rings. The number of nitrogens with two attached hydrogens (primary N) is 1. The van der Waals surface area contributed by atoms with Gasteiger partial charge >= 0.3 is 6.36 Å². The average Bonchev–Trinajstić information content (AvgIpc) is 2.79. The van der Waals surface area contributed by atoms with Crippen molar-refractivity contribution in [1.82, 2.24) is 5.01 Å². The molecule has 0 saturated heterocycles. The molecule has 1 aromatic heterocycles. The van der Waals surface area contributed by atoms with Crippen LogP contribution in [0.1, 0.15) is 18.5 Å². The standard InChI is InChI=1S/C14H15F3N2O2S/c1-8(19(2)18)11-7-22-13(12(11)20)9-3-5-10(6-4-9)21-14(15,16)17/h3-8,20H,18H2,1-2H3. The Hall–Kier alpha value is -1.77. The van der Waals surface area contributed by atoms with Crippen LogP contribution in [0.5, 0.6) is 11.5 Å². The van der Waals surface area contributed by atoms with E-state index >= 15 is 0 Å². The number of hydrogen-bond donors (Lipinski definition) is 2. The maximum absolute atomic E-state index is 12.1. The zero-order valence-corrected chi connectivity index (χ0v) is 12.7. The second-order valence-electron chi connectivity index (χ2n) is 4.78. The monoisotopic (exact) mass is 332 g/mol. The number of alkyl halides is 3. The quantitative estimate of drug-likeness (QED) is 0.659. The second-order valence-corrected chi connectivity index (χ2v) is 5.66. The van der Waals surface area contributed by atoms with Crippen LogP contribution in [-0.2, 0) is 0 Å². The van der Waals surface area contributed by atoms with E-state index in [1.807, 2.05) is 6.92 Å². The Bertz CT molecular complexity index is 639. The first-order valence-electron chi connectivity index (χ1n) is 6.33. The third-order valence-corrected chi connectivity index (χ3v) is 4.24. The Morgan fingerprint density at radius 3 is 2.36 bits per heavy atom. The molecule has 0 amide bonds. The molecule has 2 rings (SSSR count). The summed E-state index contributed by atoms with van der Waals surface area (Å²) in [4.78, 5) is 0.572. The highest BCUT2D eigenvalue weighted by molar-refractivity contribution is 7.14. The number of halogens is 3. The first-order valence-corrected chi connectivity index (χ1v) is 7.21. The summed E-state index contributed by atoms with van der Waals surface area (Å²) >= 11 is 1.30. The van der Waals surface area contributed by atoms with Gasteiger partial charge in [-0.05, 0) is 36.8 Å². The lowest BCUT2D eigenvalue weighted by atomic mass is 10.1. The number of hydrazine groups is 1. The molecule has 0 radical (unpaired) electrons. The van der Waals surface area contributed by atoms with Gasteiger partial charge in [0, 0.05) is 18.0 Å². The molecule has 1 atom stereocenters. The Balaban J connectivity index is 2.26. The molecular weight excluding hydrogens is 317 g/mol. The van der Waals surface area contributed by atoms with Gasteiger partial charge in [-0.15, -0.1) is 24.5 Å². The van der Waals surface area contributed by atoms with Crippen molar-refractivity contribution in [3.63, 3.8) is 0 Å². The van der Waals surface area contributed by atoms with Crippen molar-refractivity contribution >= 4 is 11.3 Å². The molecule has 0 aliphatic heterocycles. The fourth-order valence-electron chi connectivity index (χ4n) is 1.89. The first-order chi connectivity index (χ1) is 10.2. The third kappa shape index (κ3) is 3.70. The highest BCUT2D eigenvalue weighted by Gasteiger charge is 2.31. The molecule has 0 spiro atoms. The van der Waals surface area contributed by atoms with Crippen LogP contribution in [0.4, 0.5) is 13.2 Å². The summed E-state index contributed by atoms with van der Waals surface area (Å²) in [6.45, 7) is 1.84. The Labute approximate surface area is 129 Å². The van der Waals surface area contributed by atoms with E-state index in [4.69, 9.17) is 5.84 Å². The topological polar surface area (TPSA) is 58.7 Å². The van der Waals surface area contributed by atoms with E-state index in [0.29, 0.717) is 16.0 Å². The van der Waals surface area contributed by atoms with Gasteiger partial charge in [-0.25, -0.2) is 5.01 Å². The fourth-order valence-corrected chi connectivity index (χ4v) is 2.95. The van der Waals surface area contributed by atoms with E-state index in [2.05, 4.69) is 4.74 Å². The van der Waals surface area contributed by atoms with Crippen molar-refractivity contribution in [1.29, 1.82) is 0 Å². The first kappa shape index (κ1) is 16.6. The highest BCUT2D eigenvalue weighted by Crippen LogP contribution is 2.42. The lowest BCUT2D eigenvalue weighted by Crippen LogP contribution is -2.28. The molecule has 0 aliphatic carbocycles. The van der Waals surface area contributed by atoms with Crippen molar-refractivity contribution in [3.05, 3.63) is 35.2 Å². The third-order valence-electron chi connectivity index (χ3n) is 3.20. The predicted molar refractivity (Wildman–Crippen MR) is 78.5 cm³/mol. The Morgan fingerprint density at radius 1 is 1.27 bits per heavy atom. The van der Waals surface area contributed by atoms with Gasteiger partial charge in [0.05, 0.1) is 10.9 Å². The molecule has 0 saturated carbocycles. The number of benzene rings is 1. The summed E-state index contributed by atoms with van der Waals surface area (Å²) < 4.78 is 40.2. The number of nitrogens with zero attached hydrogens (tertiary/aromatic N) is 1. The van der Waals surface area contributed by atoms with Crippen LogP contribution in [0.25, 0.3) is 10.4 Å². The summed E-state index contributed by atoms with van der Waals surface area (Å²) in [6.07, 6.45) is -4.72. The maximum Gasteiger partial charge on any atom is 0.573 e. The van der Waals surface area contributed by atoms with Crippen LogP contribution in [-0.4, -0.2) is 23.5 Å². The number of ether oxygens (including phenoxy) is 1. The van der Waals surface area contributed by atoms with Gasteiger partial charge in [-0.1, -0.05) is 0 Å². The molecule has 3 N–H and O–H groups in total. The highest BCUT2D eigenvalue weighted by atomic mass is 32.1. The summed E-state index contributed by atoms with van der Waals surface area (Å²) in [6, 6.07) is 5.17. The van der Waals surface area contributed by atoms with Crippen LogP contribution >= 0.6 is 11.3 Å². The van der Waals surface area contributed by atoms with Gasteiger partial charge in [-0.2, -0.15) is 0 Å². The zero-order chi connectivity index (χ0) is 16.5. The van der Waals surface area contributed by atoms with Crippen LogP contribution in [0.3, 0.4) is 0 Å². The lowest BCUT2D eigenvalue weighted by Gasteiger charge is -2.18. The predicted octanol–water partition coefficient (Wildman–Crippen LogP) is 3.89. The number of thiophene rings is 1.